The highest BCUT2D eigenvalue weighted by molar-refractivity contribution is 7.71. The predicted octanol–water partition coefficient (Wildman–Crippen LogP) is 2.29. The van der Waals surface area contributed by atoms with Gasteiger partial charge in [-0.05, 0) is 18.2 Å². The highest BCUT2D eigenvalue weighted by Crippen LogP contribution is 2.26. The molecule has 0 aliphatic heterocycles. The summed E-state index contributed by atoms with van der Waals surface area (Å²) in [6, 6.07) is 7.73. The molecule has 0 aliphatic carbocycles. The molecule has 1 aromatic carbocycles. The highest BCUT2D eigenvalue weighted by atomic mass is 32.1. The zero-order valence-electron chi connectivity index (χ0n) is 9.04. The van der Waals surface area contributed by atoms with Crippen LogP contribution in [0.2, 0.25) is 0 Å². The molecule has 2 rings (SSSR count). The van der Waals surface area contributed by atoms with E-state index in [0.717, 1.165) is 0 Å². The van der Waals surface area contributed by atoms with Crippen molar-refractivity contribution in [3.05, 3.63) is 40.5 Å². The third kappa shape index (κ3) is 2.46. The molecule has 1 aromatic heterocycles. The van der Waals surface area contributed by atoms with E-state index in [2.05, 4.69) is 15.5 Å². The fourth-order valence-corrected chi connectivity index (χ4v) is 1.53. The maximum atomic E-state index is 11.0. The molecule has 0 unspecified atom stereocenters. The smallest absolute Gasteiger partial charge is 0.339 e. The number of hydrogen-bond donors (Lipinski definition) is 4. The number of benzene rings is 1. The number of para-hydroxylation sites is 2. The Morgan fingerprint density at radius 2 is 2.11 bits per heavy atom. The van der Waals surface area contributed by atoms with Crippen molar-refractivity contribution in [2.24, 2.45) is 0 Å². The Morgan fingerprint density at radius 3 is 2.78 bits per heavy atom. The number of phenols is 1. The van der Waals surface area contributed by atoms with Crippen molar-refractivity contribution < 1.29 is 15.0 Å². The lowest BCUT2D eigenvalue weighted by molar-refractivity contribution is 0.0697. The van der Waals surface area contributed by atoms with Crippen LogP contribution in [0.3, 0.4) is 0 Å². The van der Waals surface area contributed by atoms with E-state index in [9.17, 15) is 9.90 Å². The van der Waals surface area contributed by atoms with Crippen LogP contribution in [0.5, 0.6) is 5.75 Å². The average Bonchev–Trinajstić information content (AvgIpc) is 2.34. The Bertz CT molecular complexity index is 654. The molecule has 0 radical (unpaired) electrons. The van der Waals surface area contributed by atoms with E-state index in [0.29, 0.717) is 5.69 Å². The van der Waals surface area contributed by atoms with Crippen LogP contribution in [0.4, 0.5) is 11.5 Å². The van der Waals surface area contributed by atoms with Gasteiger partial charge in [0.25, 0.3) is 0 Å². The number of rotatable bonds is 3. The quantitative estimate of drug-likeness (QED) is 0.501. The van der Waals surface area contributed by atoms with Crippen LogP contribution in [-0.4, -0.2) is 26.4 Å². The Morgan fingerprint density at radius 1 is 1.39 bits per heavy atom. The van der Waals surface area contributed by atoms with Gasteiger partial charge in [0.15, 0.2) is 5.82 Å². The molecule has 0 saturated carbocycles. The van der Waals surface area contributed by atoms with E-state index in [1.165, 1.54) is 12.1 Å². The molecule has 0 saturated heterocycles. The third-order valence-electron chi connectivity index (χ3n) is 2.20. The number of aromatic amines is 1. The summed E-state index contributed by atoms with van der Waals surface area (Å²) < 4.78 is 0.218. The van der Waals surface area contributed by atoms with Crippen LogP contribution in [0.25, 0.3) is 0 Å². The van der Waals surface area contributed by atoms with E-state index < -0.39 is 5.97 Å². The third-order valence-corrected chi connectivity index (χ3v) is 2.41. The number of nitrogens with zero attached hydrogens (tertiary/aromatic N) is 1. The predicted molar refractivity (Wildman–Crippen MR) is 67.8 cm³/mol. The van der Waals surface area contributed by atoms with Crippen molar-refractivity contribution in [2.75, 3.05) is 5.32 Å². The van der Waals surface area contributed by atoms with Crippen molar-refractivity contribution in [1.29, 1.82) is 0 Å². The molecular formula is C11H9N3O3S. The van der Waals surface area contributed by atoms with Crippen molar-refractivity contribution in [1.82, 2.24) is 10.2 Å². The topological polar surface area (TPSA) is 98.2 Å². The van der Waals surface area contributed by atoms with Gasteiger partial charge in [-0.1, -0.05) is 24.4 Å². The fraction of sp³-hybridized carbons (Fsp3) is 0. The fourth-order valence-electron chi connectivity index (χ4n) is 1.37. The maximum absolute atomic E-state index is 11.0. The lowest BCUT2D eigenvalue weighted by Gasteiger charge is -2.09. The summed E-state index contributed by atoms with van der Waals surface area (Å²) in [5, 5.41) is 27.6. The number of carboxylic acid groups (broad SMARTS) is 1. The first kappa shape index (κ1) is 12.1. The van der Waals surface area contributed by atoms with E-state index in [4.69, 9.17) is 17.3 Å². The molecule has 0 atom stereocenters. The lowest BCUT2D eigenvalue weighted by Crippen LogP contribution is -2.06. The van der Waals surface area contributed by atoms with Gasteiger partial charge in [-0.2, -0.15) is 5.10 Å². The number of aromatic hydroxyl groups is 1. The first-order valence-electron chi connectivity index (χ1n) is 4.96. The number of H-pyrrole nitrogens is 1. The standard InChI is InChI=1S/C11H9N3O3S/c15-8-4-2-1-3-7(8)12-10-6(11(16)17)5-9(18)13-14-10/h1-5,15H,(H,12,14)(H,13,18)(H,16,17). The van der Waals surface area contributed by atoms with Crippen LogP contribution >= 0.6 is 12.2 Å². The van der Waals surface area contributed by atoms with E-state index in [1.807, 2.05) is 0 Å². The van der Waals surface area contributed by atoms with Gasteiger partial charge in [0.2, 0.25) is 0 Å². The second kappa shape index (κ2) is 4.84. The molecule has 0 spiro atoms. The minimum absolute atomic E-state index is 0.00177. The summed E-state index contributed by atoms with van der Waals surface area (Å²) in [5.74, 6) is -1.07. The molecule has 0 aliphatic rings. The summed E-state index contributed by atoms with van der Waals surface area (Å²) in [6.07, 6.45) is 0. The SMILES string of the molecule is O=C(O)c1cc(=S)[nH]nc1Nc1ccccc1O. The summed E-state index contributed by atoms with van der Waals surface area (Å²) in [4.78, 5) is 11.0. The number of carboxylic acids is 1. The van der Waals surface area contributed by atoms with E-state index in [1.54, 1.807) is 18.2 Å². The van der Waals surface area contributed by atoms with E-state index in [-0.39, 0.29) is 21.8 Å². The molecule has 18 heavy (non-hydrogen) atoms. The maximum Gasteiger partial charge on any atom is 0.339 e. The van der Waals surface area contributed by atoms with Crippen LogP contribution in [0, 0.1) is 4.64 Å². The van der Waals surface area contributed by atoms with Gasteiger partial charge in [0.05, 0.1) is 5.69 Å². The van der Waals surface area contributed by atoms with Gasteiger partial charge in [-0.15, -0.1) is 0 Å². The van der Waals surface area contributed by atoms with Crippen molar-refractivity contribution in [3.8, 4) is 5.75 Å². The van der Waals surface area contributed by atoms with Crippen molar-refractivity contribution >= 4 is 29.7 Å². The Hall–Kier alpha value is -2.41. The second-order valence-electron chi connectivity index (χ2n) is 3.44. The zero-order chi connectivity index (χ0) is 13.1. The number of nitrogens with one attached hydrogen (secondary N) is 2. The first-order chi connectivity index (χ1) is 8.58. The largest absolute Gasteiger partial charge is 0.506 e. The van der Waals surface area contributed by atoms with Crippen molar-refractivity contribution in [3.63, 3.8) is 0 Å². The van der Waals surface area contributed by atoms with Gasteiger partial charge in [-0.3, -0.25) is 5.10 Å². The monoisotopic (exact) mass is 263 g/mol. The number of carbonyl (C=O) groups is 1. The number of phenolic OH excluding ortho intramolecular Hbond substituents is 1. The van der Waals surface area contributed by atoms with Gasteiger partial charge >= 0.3 is 5.97 Å². The molecule has 7 heteroatoms. The van der Waals surface area contributed by atoms with Gasteiger partial charge in [0.1, 0.15) is 16.0 Å². The summed E-state index contributed by atoms with van der Waals surface area (Å²) in [7, 11) is 0. The minimum Gasteiger partial charge on any atom is -0.506 e. The minimum atomic E-state index is -1.15. The number of aromatic carboxylic acids is 1. The molecule has 0 bridgehead atoms. The Kier molecular flexibility index (Phi) is 3.24. The zero-order valence-corrected chi connectivity index (χ0v) is 9.86. The normalized spacial score (nSPS) is 10.0. The molecule has 0 fully saturated rings. The average molecular weight is 263 g/mol. The molecule has 6 nitrogen and oxygen atoms in total. The summed E-state index contributed by atoms with van der Waals surface area (Å²) in [6.45, 7) is 0. The van der Waals surface area contributed by atoms with Crippen LogP contribution in [0.15, 0.2) is 30.3 Å². The van der Waals surface area contributed by atoms with Crippen LogP contribution < -0.4 is 5.32 Å². The first-order valence-corrected chi connectivity index (χ1v) is 5.37. The molecular weight excluding hydrogens is 254 g/mol. The summed E-state index contributed by atoms with van der Waals surface area (Å²) in [5.41, 5.74) is 0.292. The number of hydrogen-bond acceptors (Lipinski definition) is 5. The van der Waals surface area contributed by atoms with Crippen molar-refractivity contribution in [2.45, 2.75) is 0 Å². The number of aromatic nitrogens is 2. The summed E-state index contributed by atoms with van der Waals surface area (Å²) >= 11 is 4.81. The van der Waals surface area contributed by atoms with Crippen LogP contribution in [-0.2, 0) is 0 Å². The molecule has 92 valence electrons. The molecule has 4 N–H and O–H groups in total. The van der Waals surface area contributed by atoms with Gasteiger partial charge in [-0.25, -0.2) is 4.79 Å². The molecule has 1 heterocycles. The van der Waals surface area contributed by atoms with Gasteiger partial charge < -0.3 is 15.5 Å². The van der Waals surface area contributed by atoms with E-state index >= 15 is 0 Å². The highest BCUT2D eigenvalue weighted by Gasteiger charge is 2.13. The number of anilines is 2. The molecule has 0 amide bonds. The van der Waals surface area contributed by atoms with Crippen LogP contribution in [0.1, 0.15) is 10.4 Å². The lowest BCUT2D eigenvalue weighted by atomic mass is 10.2. The molecule has 2 aromatic rings. The Balaban J connectivity index is 2.44. The second-order valence-corrected chi connectivity index (χ2v) is 3.88. The Labute approximate surface area is 107 Å². The van der Waals surface area contributed by atoms with Gasteiger partial charge in [0, 0.05) is 0 Å².